The van der Waals surface area contributed by atoms with E-state index in [1.165, 1.54) is 10.4 Å². The van der Waals surface area contributed by atoms with Crippen molar-refractivity contribution in [3.8, 4) is 16.4 Å². The second-order valence-corrected chi connectivity index (χ2v) is 6.65. The molecular formula is C18H15N3S. The summed E-state index contributed by atoms with van der Waals surface area (Å²) in [7, 11) is 0. The molecule has 0 aliphatic heterocycles. The number of hydrogen-bond donors (Lipinski definition) is 0. The van der Waals surface area contributed by atoms with Gasteiger partial charge in [0.05, 0.1) is 4.88 Å². The van der Waals surface area contributed by atoms with Crippen molar-refractivity contribution < 1.29 is 0 Å². The van der Waals surface area contributed by atoms with Crippen molar-refractivity contribution in [2.75, 3.05) is 0 Å². The van der Waals surface area contributed by atoms with Gasteiger partial charge in [0.2, 0.25) is 0 Å². The minimum atomic E-state index is 0.896. The van der Waals surface area contributed by atoms with Crippen LogP contribution in [0.2, 0.25) is 0 Å². The molecule has 0 aliphatic carbocycles. The number of imidazole rings is 1. The molecule has 0 radical (unpaired) electrons. The molecule has 4 rings (SSSR count). The zero-order valence-corrected chi connectivity index (χ0v) is 13.3. The number of hydrogen-bond acceptors (Lipinski definition) is 3. The third kappa shape index (κ3) is 2.12. The van der Waals surface area contributed by atoms with Gasteiger partial charge in [0.25, 0.3) is 0 Å². The van der Waals surface area contributed by atoms with Gasteiger partial charge in [0, 0.05) is 16.8 Å². The smallest absolute Gasteiger partial charge is 0.164 e. The van der Waals surface area contributed by atoms with Crippen molar-refractivity contribution in [2.45, 2.75) is 13.8 Å². The maximum Gasteiger partial charge on any atom is 0.164 e. The Bertz CT molecular complexity index is 948. The number of fused-ring (bicyclic) bond motifs is 1. The lowest BCUT2D eigenvalue weighted by Gasteiger charge is -2.08. The highest BCUT2D eigenvalue weighted by Gasteiger charge is 2.16. The van der Waals surface area contributed by atoms with E-state index in [-0.39, 0.29) is 0 Å². The molecule has 1 aromatic carbocycles. The normalized spacial score (nSPS) is 11.2. The van der Waals surface area contributed by atoms with E-state index in [0.717, 1.165) is 27.6 Å². The Morgan fingerprint density at radius 1 is 0.955 bits per heavy atom. The summed E-state index contributed by atoms with van der Waals surface area (Å²) >= 11 is 1.76. The van der Waals surface area contributed by atoms with Crippen molar-refractivity contribution in [3.63, 3.8) is 0 Å². The highest BCUT2D eigenvalue weighted by Crippen LogP contribution is 2.31. The van der Waals surface area contributed by atoms with Gasteiger partial charge in [0.15, 0.2) is 11.5 Å². The van der Waals surface area contributed by atoms with Crippen LogP contribution in [0, 0.1) is 13.8 Å². The average Bonchev–Trinajstić information content (AvgIpc) is 3.11. The fourth-order valence-electron chi connectivity index (χ4n) is 2.57. The zero-order valence-electron chi connectivity index (χ0n) is 12.4. The van der Waals surface area contributed by atoms with Crippen LogP contribution in [-0.4, -0.2) is 14.5 Å². The molecular weight excluding hydrogens is 290 g/mol. The monoisotopic (exact) mass is 305 g/mol. The summed E-state index contributed by atoms with van der Waals surface area (Å²) in [6.07, 6.45) is 1.82. The first-order chi connectivity index (χ1) is 10.7. The molecule has 0 aliphatic rings. The number of aryl methyl sites for hydroxylation is 2. The second-order valence-electron chi connectivity index (χ2n) is 5.36. The maximum absolute atomic E-state index is 4.81. The van der Waals surface area contributed by atoms with Gasteiger partial charge in [-0.3, -0.25) is 4.57 Å². The van der Waals surface area contributed by atoms with Crippen molar-refractivity contribution in [1.82, 2.24) is 14.5 Å². The number of pyridine rings is 1. The summed E-state index contributed by atoms with van der Waals surface area (Å²) < 4.78 is 2.14. The Morgan fingerprint density at radius 3 is 2.50 bits per heavy atom. The molecule has 0 fully saturated rings. The minimum Gasteiger partial charge on any atom is -0.276 e. The summed E-state index contributed by atoms with van der Waals surface area (Å²) in [5.74, 6) is 0.954. The Morgan fingerprint density at radius 2 is 1.77 bits per heavy atom. The van der Waals surface area contributed by atoms with Crippen LogP contribution in [0.3, 0.4) is 0 Å². The van der Waals surface area contributed by atoms with E-state index in [9.17, 15) is 0 Å². The Kier molecular flexibility index (Phi) is 3.05. The van der Waals surface area contributed by atoms with E-state index in [4.69, 9.17) is 4.98 Å². The molecule has 3 nitrogen and oxygen atoms in total. The molecule has 3 heterocycles. The number of aromatic nitrogens is 3. The Hall–Kier alpha value is -2.46. The standard InChI is InChI=1S/C18H15N3S/c1-12-5-8-14(9-6-12)21-17-15(4-3-11-19-17)20-18(21)16-10-7-13(2)22-16/h3-11H,1-2H3. The number of rotatable bonds is 2. The van der Waals surface area contributed by atoms with Crippen LogP contribution < -0.4 is 0 Å². The summed E-state index contributed by atoms with van der Waals surface area (Å²) in [6, 6.07) is 16.7. The van der Waals surface area contributed by atoms with Crippen LogP contribution >= 0.6 is 11.3 Å². The molecule has 108 valence electrons. The molecule has 0 unspecified atom stereocenters. The summed E-state index contributed by atoms with van der Waals surface area (Å²) in [6.45, 7) is 4.21. The van der Waals surface area contributed by atoms with Crippen molar-refractivity contribution in [1.29, 1.82) is 0 Å². The fraction of sp³-hybridized carbons (Fsp3) is 0.111. The fourth-order valence-corrected chi connectivity index (χ4v) is 3.42. The summed E-state index contributed by atoms with van der Waals surface area (Å²) in [5, 5.41) is 0. The first kappa shape index (κ1) is 13.2. The lowest BCUT2D eigenvalue weighted by atomic mass is 10.2. The van der Waals surface area contributed by atoms with Crippen molar-refractivity contribution in [2.24, 2.45) is 0 Å². The van der Waals surface area contributed by atoms with Gasteiger partial charge in [-0.15, -0.1) is 11.3 Å². The third-order valence-electron chi connectivity index (χ3n) is 3.67. The summed E-state index contributed by atoms with van der Waals surface area (Å²) in [4.78, 5) is 11.8. The number of nitrogens with zero attached hydrogens (tertiary/aromatic N) is 3. The largest absolute Gasteiger partial charge is 0.276 e. The minimum absolute atomic E-state index is 0.896. The molecule has 0 saturated heterocycles. The first-order valence-corrected chi connectivity index (χ1v) is 8.01. The molecule has 4 aromatic rings. The third-order valence-corrected chi connectivity index (χ3v) is 4.67. The molecule has 0 saturated carbocycles. The average molecular weight is 305 g/mol. The second kappa shape index (κ2) is 5.07. The van der Waals surface area contributed by atoms with E-state index in [1.54, 1.807) is 11.3 Å². The predicted octanol–water partition coefficient (Wildman–Crippen LogP) is 4.77. The van der Waals surface area contributed by atoms with E-state index in [2.05, 4.69) is 59.8 Å². The molecule has 0 spiro atoms. The first-order valence-electron chi connectivity index (χ1n) is 7.20. The van der Waals surface area contributed by atoms with Gasteiger partial charge in [-0.1, -0.05) is 17.7 Å². The lowest BCUT2D eigenvalue weighted by molar-refractivity contribution is 1.08. The van der Waals surface area contributed by atoms with Gasteiger partial charge in [-0.2, -0.15) is 0 Å². The lowest BCUT2D eigenvalue weighted by Crippen LogP contribution is -1.97. The zero-order chi connectivity index (χ0) is 15.1. The van der Waals surface area contributed by atoms with Crippen molar-refractivity contribution >= 4 is 22.5 Å². The quantitative estimate of drug-likeness (QED) is 0.534. The van der Waals surface area contributed by atoms with E-state index < -0.39 is 0 Å². The predicted molar refractivity (Wildman–Crippen MR) is 91.7 cm³/mol. The molecule has 22 heavy (non-hydrogen) atoms. The molecule has 4 heteroatoms. The molecule has 0 N–H and O–H groups in total. The highest BCUT2D eigenvalue weighted by molar-refractivity contribution is 7.15. The SMILES string of the molecule is Cc1ccc(-n2c(-c3ccc(C)s3)nc3cccnc32)cc1. The van der Waals surface area contributed by atoms with E-state index in [0.29, 0.717) is 0 Å². The van der Waals surface area contributed by atoms with Gasteiger partial charge in [-0.25, -0.2) is 9.97 Å². The van der Waals surface area contributed by atoms with Crippen LogP contribution in [0.5, 0.6) is 0 Å². The summed E-state index contributed by atoms with van der Waals surface area (Å²) in [5.41, 5.74) is 4.15. The van der Waals surface area contributed by atoms with Crippen LogP contribution in [0.25, 0.3) is 27.6 Å². The molecule has 0 atom stereocenters. The van der Waals surface area contributed by atoms with Gasteiger partial charge < -0.3 is 0 Å². The molecule has 0 bridgehead atoms. The van der Waals surface area contributed by atoms with Gasteiger partial charge in [0.1, 0.15) is 5.52 Å². The topological polar surface area (TPSA) is 30.7 Å². The van der Waals surface area contributed by atoms with Gasteiger partial charge >= 0.3 is 0 Å². The number of thiophene rings is 1. The Balaban J connectivity index is 2.03. The van der Waals surface area contributed by atoms with Crippen LogP contribution in [-0.2, 0) is 0 Å². The van der Waals surface area contributed by atoms with Crippen LogP contribution in [0.4, 0.5) is 0 Å². The highest BCUT2D eigenvalue weighted by atomic mass is 32.1. The van der Waals surface area contributed by atoms with E-state index >= 15 is 0 Å². The molecule has 3 aromatic heterocycles. The maximum atomic E-state index is 4.81. The van der Waals surface area contributed by atoms with E-state index in [1.807, 2.05) is 18.3 Å². The molecule has 0 amide bonds. The van der Waals surface area contributed by atoms with Gasteiger partial charge in [-0.05, 0) is 50.2 Å². The van der Waals surface area contributed by atoms with Crippen molar-refractivity contribution in [3.05, 3.63) is 65.2 Å². The Labute approximate surface area is 132 Å². The number of benzene rings is 1. The van der Waals surface area contributed by atoms with Crippen LogP contribution in [0.1, 0.15) is 10.4 Å². The van der Waals surface area contributed by atoms with Crippen LogP contribution in [0.15, 0.2) is 54.7 Å².